The van der Waals surface area contributed by atoms with E-state index in [1.807, 2.05) is 42.1 Å². The highest BCUT2D eigenvalue weighted by molar-refractivity contribution is 7.88. The van der Waals surface area contributed by atoms with Crippen LogP contribution in [-0.2, 0) is 15.8 Å². The Balaban J connectivity index is 1.43. The maximum atomic E-state index is 12.7. The number of aromatic nitrogens is 3. The summed E-state index contributed by atoms with van der Waals surface area (Å²) in [5.41, 5.74) is 3.02. The fraction of sp³-hybridized carbons (Fsp3) is 0.529. The van der Waals surface area contributed by atoms with Crippen molar-refractivity contribution >= 4 is 10.0 Å². The quantitative estimate of drug-likeness (QED) is 0.833. The molecule has 0 spiro atoms. The lowest BCUT2D eigenvalue weighted by Gasteiger charge is -2.16. The topological polar surface area (TPSA) is 68.1 Å². The van der Waals surface area contributed by atoms with Crippen LogP contribution >= 0.6 is 0 Å². The van der Waals surface area contributed by atoms with E-state index in [-0.39, 0.29) is 11.8 Å². The first-order valence-corrected chi connectivity index (χ1v) is 10.1. The highest BCUT2D eigenvalue weighted by Crippen LogP contribution is 2.39. The largest absolute Gasteiger partial charge is 0.248 e. The van der Waals surface area contributed by atoms with Gasteiger partial charge in [-0.1, -0.05) is 35.0 Å². The van der Waals surface area contributed by atoms with Gasteiger partial charge in [-0.2, -0.15) is 4.31 Å². The van der Waals surface area contributed by atoms with Crippen molar-refractivity contribution in [3.63, 3.8) is 0 Å². The fourth-order valence-corrected chi connectivity index (χ4v) is 4.78. The maximum Gasteiger partial charge on any atom is 0.218 e. The minimum absolute atomic E-state index is 0.0602. The van der Waals surface area contributed by atoms with Crippen LogP contribution in [0, 0.1) is 6.92 Å². The molecular weight excluding hydrogens is 324 g/mol. The number of sulfonamides is 1. The lowest BCUT2D eigenvalue weighted by atomic mass is 10.2. The summed E-state index contributed by atoms with van der Waals surface area (Å²) >= 11 is 0. The predicted octanol–water partition coefficient (Wildman–Crippen LogP) is 2.24. The summed E-state index contributed by atoms with van der Waals surface area (Å²) in [4.78, 5) is 0. The number of aryl methyl sites for hydroxylation is 1. The van der Waals surface area contributed by atoms with Crippen LogP contribution in [-0.4, -0.2) is 40.8 Å². The molecular formula is C17H22N4O2S. The van der Waals surface area contributed by atoms with Crippen LogP contribution in [0.2, 0.25) is 0 Å². The number of hydrogen-bond donors (Lipinski definition) is 0. The van der Waals surface area contributed by atoms with Gasteiger partial charge in [0, 0.05) is 25.2 Å². The van der Waals surface area contributed by atoms with Gasteiger partial charge in [0.15, 0.2) is 0 Å². The van der Waals surface area contributed by atoms with Crippen LogP contribution < -0.4 is 0 Å². The van der Waals surface area contributed by atoms with E-state index >= 15 is 0 Å². The van der Waals surface area contributed by atoms with Crippen molar-refractivity contribution in [2.24, 2.45) is 0 Å². The maximum absolute atomic E-state index is 12.7. The average Bonchev–Trinajstić information content (AvgIpc) is 3.09. The summed E-state index contributed by atoms with van der Waals surface area (Å²) in [5.74, 6) is 0.631. The van der Waals surface area contributed by atoms with Gasteiger partial charge in [0.1, 0.15) is 0 Å². The SMILES string of the molecule is Cc1ccc(CS(=O)(=O)N2CCC(n3cc(C4CC4)nn3)C2)cc1. The van der Waals surface area contributed by atoms with Gasteiger partial charge in [0.25, 0.3) is 0 Å². The van der Waals surface area contributed by atoms with E-state index in [1.54, 1.807) is 4.31 Å². The molecule has 2 aromatic rings. The van der Waals surface area contributed by atoms with Gasteiger partial charge in [-0.15, -0.1) is 5.10 Å². The van der Waals surface area contributed by atoms with Crippen LogP contribution in [0.4, 0.5) is 0 Å². The van der Waals surface area contributed by atoms with Crippen LogP contribution in [0.3, 0.4) is 0 Å². The molecule has 1 saturated heterocycles. The zero-order chi connectivity index (χ0) is 16.7. The monoisotopic (exact) mass is 346 g/mol. The molecule has 1 aliphatic carbocycles. The van der Waals surface area contributed by atoms with Crippen molar-refractivity contribution in [1.29, 1.82) is 0 Å². The molecule has 2 fully saturated rings. The van der Waals surface area contributed by atoms with Crippen LogP contribution in [0.15, 0.2) is 30.5 Å². The Hall–Kier alpha value is -1.73. The molecule has 1 unspecified atom stereocenters. The molecule has 0 radical (unpaired) electrons. The summed E-state index contributed by atoms with van der Waals surface area (Å²) in [6, 6.07) is 7.77. The second-order valence-electron chi connectivity index (χ2n) is 6.94. The summed E-state index contributed by atoms with van der Waals surface area (Å²) < 4.78 is 28.8. The van der Waals surface area contributed by atoms with Crippen molar-refractivity contribution < 1.29 is 8.42 Å². The van der Waals surface area contributed by atoms with E-state index in [0.717, 1.165) is 23.2 Å². The van der Waals surface area contributed by atoms with Crippen LogP contribution in [0.5, 0.6) is 0 Å². The lowest BCUT2D eigenvalue weighted by Crippen LogP contribution is -2.30. The molecule has 1 aliphatic heterocycles. The molecule has 2 heterocycles. The minimum Gasteiger partial charge on any atom is -0.248 e. The standard InChI is InChI=1S/C17H22N4O2S/c1-13-2-4-14(5-3-13)12-24(22,23)20-9-8-16(10-20)21-11-17(18-19-21)15-6-7-15/h2-5,11,15-16H,6-10,12H2,1H3. The third-order valence-corrected chi connectivity index (χ3v) is 6.70. The van der Waals surface area contributed by atoms with Crippen molar-refractivity contribution in [2.75, 3.05) is 13.1 Å². The summed E-state index contributed by atoms with van der Waals surface area (Å²) in [6.07, 6.45) is 5.18. The van der Waals surface area contributed by atoms with Crippen molar-refractivity contribution in [1.82, 2.24) is 19.3 Å². The Bertz CT molecular complexity index is 825. The first-order chi connectivity index (χ1) is 11.5. The third-order valence-electron chi connectivity index (χ3n) is 4.89. The summed E-state index contributed by atoms with van der Waals surface area (Å²) in [6.45, 7) is 3.04. The molecule has 1 aromatic carbocycles. The Morgan fingerprint density at radius 2 is 1.92 bits per heavy atom. The van der Waals surface area contributed by atoms with E-state index in [2.05, 4.69) is 10.3 Å². The molecule has 7 heteroatoms. The molecule has 2 aliphatic rings. The average molecular weight is 346 g/mol. The number of hydrogen-bond acceptors (Lipinski definition) is 4. The molecule has 0 bridgehead atoms. The molecule has 4 rings (SSSR count). The second kappa shape index (κ2) is 5.97. The van der Waals surface area contributed by atoms with Gasteiger partial charge in [-0.05, 0) is 31.7 Å². The Kier molecular flexibility index (Phi) is 3.92. The molecule has 0 N–H and O–H groups in total. The number of benzene rings is 1. The molecule has 0 amide bonds. The lowest BCUT2D eigenvalue weighted by molar-refractivity contribution is 0.428. The van der Waals surface area contributed by atoms with Crippen LogP contribution in [0.1, 0.15) is 48.0 Å². The van der Waals surface area contributed by atoms with Gasteiger partial charge < -0.3 is 0 Å². The van der Waals surface area contributed by atoms with Crippen molar-refractivity contribution in [2.45, 2.75) is 43.9 Å². The third kappa shape index (κ3) is 3.23. The Labute approximate surface area is 142 Å². The van der Waals surface area contributed by atoms with Gasteiger partial charge in [0.05, 0.1) is 17.5 Å². The predicted molar refractivity (Wildman–Crippen MR) is 91.0 cm³/mol. The zero-order valence-electron chi connectivity index (χ0n) is 13.8. The number of rotatable bonds is 5. The van der Waals surface area contributed by atoms with E-state index in [0.29, 0.717) is 19.0 Å². The molecule has 1 aromatic heterocycles. The Morgan fingerprint density at radius 3 is 2.62 bits per heavy atom. The van der Waals surface area contributed by atoms with Gasteiger partial charge >= 0.3 is 0 Å². The van der Waals surface area contributed by atoms with Gasteiger partial charge in [-0.3, -0.25) is 0 Å². The molecule has 1 atom stereocenters. The Morgan fingerprint density at radius 1 is 1.17 bits per heavy atom. The minimum atomic E-state index is -3.29. The summed E-state index contributed by atoms with van der Waals surface area (Å²) in [7, 11) is -3.29. The first kappa shape index (κ1) is 15.8. The smallest absolute Gasteiger partial charge is 0.218 e. The highest BCUT2D eigenvalue weighted by atomic mass is 32.2. The van der Waals surface area contributed by atoms with Crippen molar-refractivity contribution in [3.05, 3.63) is 47.3 Å². The summed E-state index contributed by atoms with van der Waals surface area (Å²) in [5, 5.41) is 8.45. The fourth-order valence-electron chi connectivity index (χ4n) is 3.20. The molecule has 128 valence electrons. The van der Waals surface area contributed by atoms with Crippen LogP contribution in [0.25, 0.3) is 0 Å². The van der Waals surface area contributed by atoms with E-state index in [1.165, 1.54) is 12.8 Å². The normalized spacial score (nSPS) is 22.1. The number of nitrogens with zero attached hydrogens (tertiary/aromatic N) is 4. The molecule has 1 saturated carbocycles. The first-order valence-electron chi connectivity index (χ1n) is 8.46. The van der Waals surface area contributed by atoms with Crippen molar-refractivity contribution in [3.8, 4) is 0 Å². The molecule has 24 heavy (non-hydrogen) atoms. The highest BCUT2D eigenvalue weighted by Gasteiger charge is 2.34. The second-order valence-corrected chi connectivity index (χ2v) is 8.91. The van der Waals surface area contributed by atoms with E-state index < -0.39 is 10.0 Å². The van der Waals surface area contributed by atoms with Gasteiger partial charge in [0.2, 0.25) is 10.0 Å². The van der Waals surface area contributed by atoms with E-state index in [9.17, 15) is 8.42 Å². The van der Waals surface area contributed by atoms with Gasteiger partial charge in [-0.25, -0.2) is 13.1 Å². The molecule has 6 nitrogen and oxygen atoms in total. The zero-order valence-corrected chi connectivity index (χ0v) is 14.6. The van der Waals surface area contributed by atoms with E-state index in [4.69, 9.17) is 0 Å².